The van der Waals surface area contributed by atoms with Crippen molar-refractivity contribution in [2.75, 3.05) is 31.9 Å². The lowest BCUT2D eigenvalue weighted by Crippen LogP contribution is -2.30. The molecule has 1 heterocycles. The summed E-state index contributed by atoms with van der Waals surface area (Å²) in [5.74, 6) is 1.28. The van der Waals surface area contributed by atoms with Crippen LogP contribution in [-0.4, -0.2) is 37.2 Å². The molecule has 1 aliphatic heterocycles. The summed E-state index contributed by atoms with van der Waals surface area (Å²) in [7, 11) is 0. The van der Waals surface area contributed by atoms with Gasteiger partial charge in [0.1, 0.15) is 0 Å². The summed E-state index contributed by atoms with van der Waals surface area (Å²) in [5.41, 5.74) is 0. The van der Waals surface area contributed by atoms with E-state index >= 15 is 0 Å². The molecule has 0 spiro atoms. The minimum Gasteiger partial charge on any atom is -0.317 e. The van der Waals surface area contributed by atoms with E-state index in [4.69, 9.17) is 0 Å². The first-order valence-corrected chi connectivity index (χ1v) is 6.01. The predicted octanol–water partition coefficient (Wildman–Crippen LogP) is 1.08. The minimum atomic E-state index is 0.921. The van der Waals surface area contributed by atoms with Crippen LogP contribution in [0.2, 0.25) is 0 Å². The molecule has 3 heteroatoms. The quantitative estimate of drug-likeness (QED) is 0.631. The van der Waals surface area contributed by atoms with E-state index in [2.05, 4.69) is 29.3 Å². The summed E-state index contributed by atoms with van der Waals surface area (Å²) < 4.78 is 0. The zero-order chi connectivity index (χ0) is 8.65. The van der Waals surface area contributed by atoms with Crippen molar-refractivity contribution < 1.29 is 0 Å². The third-order valence-electron chi connectivity index (χ3n) is 2.17. The van der Waals surface area contributed by atoms with E-state index in [1.54, 1.807) is 0 Å². The molecule has 1 rings (SSSR count). The van der Waals surface area contributed by atoms with Crippen molar-refractivity contribution in [1.82, 2.24) is 10.6 Å². The lowest BCUT2D eigenvalue weighted by molar-refractivity contribution is 0.531. The molecule has 0 amide bonds. The molecule has 0 saturated carbocycles. The van der Waals surface area contributed by atoms with Crippen LogP contribution in [0, 0.1) is 0 Å². The second kappa shape index (κ2) is 6.75. The molecule has 0 aromatic heterocycles. The van der Waals surface area contributed by atoms with Gasteiger partial charge in [-0.05, 0) is 32.5 Å². The Hall–Kier alpha value is 0.270. The van der Waals surface area contributed by atoms with E-state index in [0.29, 0.717) is 0 Å². The van der Waals surface area contributed by atoms with Crippen LogP contribution >= 0.6 is 11.8 Å². The summed E-state index contributed by atoms with van der Waals surface area (Å²) in [5, 5.41) is 7.66. The highest BCUT2D eigenvalue weighted by Gasteiger charge is 2.11. The van der Waals surface area contributed by atoms with Gasteiger partial charge in [0.15, 0.2) is 0 Å². The number of hydrogen-bond donors (Lipinski definition) is 2. The topological polar surface area (TPSA) is 24.1 Å². The van der Waals surface area contributed by atoms with Crippen LogP contribution in [0.15, 0.2) is 0 Å². The molecule has 0 aromatic rings. The highest BCUT2D eigenvalue weighted by Crippen LogP contribution is 2.19. The van der Waals surface area contributed by atoms with Gasteiger partial charge in [-0.2, -0.15) is 11.8 Å². The highest BCUT2D eigenvalue weighted by molar-refractivity contribution is 7.99. The summed E-state index contributed by atoms with van der Waals surface area (Å²) >= 11 is 2.13. The molecule has 2 nitrogen and oxygen atoms in total. The molecular formula is C9H20N2S. The van der Waals surface area contributed by atoms with Gasteiger partial charge in [-0.25, -0.2) is 0 Å². The summed E-state index contributed by atoms with van der Waals surface area (Å²) in [6.07, 6.45) is 2.72. The molecule has 0 atom stereocenters. The van der Waals surface area contributed by atoms with Gasteiger partial charge in [-0.3, -0.25) is 0 Å². The molecule has 0 unspecified atom stereocenters. The van der Waals surface area contributed by atoms with Gasteiger partial charge >= 0.3 is 0 Å². The molecule has 1 saturated heterocycles. The first-order valence-electron chi connectivity index (χ1n) is 4.96. The Bertz CT molecular complexity index is 103. The molecule has 0 bridgehead atoms. The fourth-order valence-electron chi connectivity index (χ4n) is 1.44. The fraction of sp³-hybridized carbons (Fsp3) is 1.00. The first kappa shape index (κ1) is 10.4. The van der Waals surface area contributed by atoms with Crippen molar-refractivity contribution in [1.29, 1.82) is 0 Å². The van der Waals surface area contributed by atoms with Gasteiger partial charge in [0.25, 0.3) is 0 Å². The van der Waals surface area contributed by atoms with Gasteiger partial charge < -0.3 is 10.6 Å². The van der Waals surface area contributed by atoms with Crippen LogP contribution in [0.25, 0.3) is 0 Å². The Balaban J connectivity index is 1.91. The smallest absolute Gasteiger partial charge is 0.00716 e. The summed E-state index contributed by atoms with van der Waals surface area (Å²) in [4.78, 5) is 0. The third-order valence-corrected chi connectivity index (χ3v) is 3.55. The molecule has 72 valence electrons. The maximum absolute atomic E-state index is 3.39. The molecule has 1 aliphatic rings. The van der Waals surface area contributed by atoms with Crippen LogP contribution in [-0.2, 0) is 0 Å². The molecule has 0 radical (unpaired) electrons. The van der Waals surface area contributed by atoms with E-state index < -0.39 is 0 Å². The minimum absolute atomic E-state index is 0.921. The van der Waals surface area contributed by atoms with Crippen molar-refractivity contribution >= 4 is 11.8 Å². The molecule has 0 aromatic carbocycles. The second-order valence-corrected chi connectivity index (χ2v) is 4.58. The zero-order valence-electron chi connectivity index (χ0n) is 7.94. The van der Waals surface area contributed by atoms with Gasteiger partial charge in [0.2, 0.25) is 0 Å². The maximum Gasteiger partial charge on any atom is 0.00716 e. The number of hydrogen-bond acceptors (Lipinski definition) is 3. The zero-order valence-corrected chi connectivity index (χ0v) is 8.75. The highest BCUT2D eigenvalue weighted by atomic mass is 32.2. The Kier molecular flexibility index (Phi) is 5.82. The maximum atomic E-state index is 3.39. The fourth-order valence-corrected chi connectivity index (χ4v) is 2.60. The second-order valence-electron chi connectivity index (χ2n) is 3.17. The number of thioether (sulfide) groups is 1. The van der Waals surface area contributed by atoms with Crippen molar-refractivity contribution in [3.63, 3.8) is 0 Å². The molecule has 12 heavy (non-hydrogen) atoms. The number of nitrogens with one attached hydrogen (secondary N) is 2. The largest absolute Gasteiger partial charge is 0.317 e. The predicted molar refractivity (Wildman–Crippen MR) is 56.9 cm³/mol. The Morgan fingerprint density at radius 1 is 1.42 bits per heavy atom. The Morgan fingerprint density at radius 2 is 2.17 bits per heavy atom. The molecule has 2 N–H and O–H groups in total. The van der Waals surface area contributed by atoms with Crippen LogP contribution in [0.4, 0.5) is 0 Å². The van der Waals surface area contributed by atoms with Crippen LogP contribution < -0.4 is 10.6 Å². The van der Waals surface area contributed by atoms with E-state index in [0.717, 1.165) is 11.8 Å². The van der Waals surface area contributed by atoms with Crippen molar-refractivity contribution in [2.45, 2.75) is 25.0 Å². The number of piperidine rings is 1. The van der Waals surface area contributed by atoms with E-state index in [-0.39, 0.29) is 0 Å². The molecule has 0 aliphatic carbocycles. The molecular weight excluding hydrogens is 168 g/mol. The SMILES string of the molecule is CCNCCSC1CCNCC1. The standard InChI is InChI=1S/C9H20N2S/c1-2-10-7-8-12-9-3-5-11-6-4-9/h9-11H,2-8H2,1H3. The Labute approximate surface area is 79.9 Å². The lowest BCUT2D eigenvalue weighted by Gasteiger charge is -2.21. The monoisotopic (exact) mass is 188 g/mol. The van der Waals surface area contributed by atoms with Crippen LogP contribution in [0.1, 0.15) is 19.8 Å². The van der Waals surface area contributed by atoms with Gasteiger partial charge in [0.05, 0.1) is 0 Å². The third kappa shape index (κ3) is 4.33. The van der Waals surface area contributed by atoms with Crippen molar-refractivity contribution in [3.05, 3.63) is 0 Å². The summed E-state index contributed by atoms with van der Waals surface area (Å²) in [6, 6.07) is 0. The number of rotatable bonds is 5. The van der Waals surface area contributed by atoms with E-state index in [1.807, 2.05) is 0 Å². The van der Waals surface area contributed by atoms with Gasteiger partial charge in [-0.15, -0.1) is 0 Å². The molecule has 1 fully saturated rings. The average molecular weight is 188 g/mol. The van der Waals surface area contributed by atoms with Gasteiger partial charge in [0, 0.05) is 17.5 Å². The van der Waals surface area contributed by atoms with Crippen LogP contribution in [0.3, 0.4) is 0 Å². The van der Waals surface area contributed by atoms with Crippen molar-refractivity contribution in [2.24, 2.45) is 0 Å². The normalized spacial score (nSPS) is 19.8. The lowest BCUT2D eigenvalue weighted by atomic mass is 10.2. The Morgan fingerprint density at radius 3 is 2.83 bits per heavy atom. The van der Waals surface area contributed by atoms with E-state index in [1.165, 1.54) is 38.2 Å². The average Bonchev–Trinajstić information content (AvgIpc) is 2.14. The van der Waals surface area contributed by atoms with Crippen LogP contribution in [0.5, 0.6) is 0 Å². The summed E-state index contributed by atoms with van der Waals surface area (Å²) in [6.45, 7) is 6.88. The van der Waals surface area contributed by atoms with Crippen molar-refractivity contribution in [3.8, 4) is 0 Å². The van der Waals surface area contributed by atoms with Gasteiger partial charge in [-0.1, -0.05) is 6.92 Å². The van der Waals surface area contributed by atoms with E-state index in [9.17, 15) is 0 Å². The first-order chi connectivity index (χ1) is 5.93.